The van der Waals surface area contributed by atoms with Gasteiger partial charge in [0.1, 0.15) is 6.33 Å². The maximum atomic E-state index is 12.2. The number of benzene rings is 1. The molecule has 2 heterocycles. The molecule has 104 valence electrons. The largest absolute Gasteiger partial charge is 0.381 e. The maximum Gasteiger partial charge on any atom is 0.227 e. The van der Waals surface area contributed by atoms with Crippen LogP contribution in [-0.2, 0) is 9.53 Å². The lowest BCUT2D eigenvalue weighted by Gasteiger charge is -2.21. The molecule has 0 aliphatic carbocycles. The fourth-order valence-electron chi connectivity index (χ4n) is 2.21. The number of anilines is 1. The molecule has 20 heavy (non-hydrogen) atoms. The van der Waals surface area contributed by atoms with Crippen LogP contribution >= 0.6 is 0 Å². The molecule has 3 rings (SSSR count). The van der Waals surface area contributed by atoms with E-state index in [1.807, 2.05) is 24.3 Å². The van der Waals surface area contributed by atoms with Gasteiger partial charge in [-0.15, -0.1) is 5.10 Å². The van der Waals surface area contributed by atoms with Gasteiger partial charge in [0, 0.05) is 24.8 Å². The molecule has 7 heteroatoms. The first-order valence-corrected chi connectivity index (χ1v) is 6.55. The normalized spacial score (nSPS) is 16.0. The van der Waals surface area contributed by atoms with Crippen LogP contribution in [0.4, 0.5) is 5.69 Å². The van der Waals surface area contributed by atoms with E-state index in [0.717, 1.165) is 24.2 Å². The van der Waals surface area contributed by atoms with E-state index in [1.165, 1.54) is 6.33 Å². The highest BCUT2D eigenvalue weighted by molar-refractivity contribution is 5.92. The summed E-state index contributed by atoms with van der Waals surface area (Å²) >= 11 is 0. The molecule has 0 bridgehead atoms. The fourth-order valence-corrected chi connectivity index (χ4v) is 2.21. The predicted molar refractivity (Wildman–Crippen MR) is 71.3 cm³/mol. The van der Waals surface area contributed by atoms with Crippen molar-refractivity contribution >= 4 is 11.6 Å². The van der Waals surface area contributed by atoms with Crippen molar-refractivity contribution < 1.29 is 9.53 Å². The lowest BCUT2D eigenvalue weighted by molar-refractivity contribution is -0.122. The molecule has 1 aliphatic rings. The Morgan fingerprint density at radius 3 is 2.95 bits per heavy atom. The fraction of sp³-hybridized carbons (Fsp3) is 0.385. The van der Waals surface area contributed by atoms with E-state index in [0.29, 0.717) is 13.2 Å². The molecule has 1 aromatic heterocycles. The number of carbonyl (C=O) groups excluding carboxylic acids is 1. The standard InChI is InChI=1S/C13H15N5O2/c19-13(10-4-6-20-7-5-10)15-11-2-1-3-12(8-11)18-9-14-16-17-18/h1-3,8-10H,4-7H2,(H,15,19). The van der Waals surface area contributed by atoms with Crippen LogP contribution < -0.4 is 5.32 Å². The van der Waals surface area contributed by atoms with Crippen molar-refractivity contribution in [3.8, 4) is 5.69 Å². The molecule has 0 unspecified atom stereocenters. The van der Waals surface area contributed by atoms with Gasteiger partial charge in [0.25, 0.3) is 0 Å². The second-order valence-electron chi connectivity index (χ2n) is 4.68. The summed E-state index contributed by atoms with van der Waals surface area (Å²) in [4.78, 5) is 12.2. The summed E-state index contributed by atoms with van der Waals surface area (Å²) in [6.45, 7) is 1.31. The average molecular weight is 273 g/mol. The summed E-state index contributed by atoms with van der Waals surface area (Å²) < 4.78 is 6.81. The van der Waals surface area contributed by atoms with Crippen molar-refractivity contribution in [2.45, 2.75) is 12.8 Å². The first-order valence-electron chi connectivity index (χ1n) is 6.55. The Balaban J connectivity index is 1.71. The second-order valence-corrected chi connectivity index (χ2v) is 4.68. The molecule has 0 saturated carbocycles. The molecule has 2 aromatic rings. The van der Waals surface area contributed by atoms with Gasteiger partial charge < -0.3 is 10.1 Å². The number of aromatic nitrogens is 4. The van der Waals surface area contributed by atoms with Crippen LogP contribution in [0.2, 0.25) is 0 Å². The molecular weight excluding hydrogens is 258 g/mol. The smallest absolute Gasteiger partial charge is 0.227 e. The quantitative estimate of drug-likeness (QED) is 0.903. The van der Waals surface area contributed by atoms with E-state index in [-0.39, 0.29) is 11.8 Å². The van der Waals surface area contributed by atoms with Gasteiger partial charge in [0.2, 0.25) is 5.91 Å². The molecule has 1 saturated heterocycles. The van der Waals surface area contributed by atoms with E-state index in [2.05, 4.69) is 20.8 Å². The number of hydrogen-bond donors (Lipinski definition) is 1. The van der Waals surface area contributed by atoms with Crippen LogP contribution in [0.25, 0.3) is 5.69 Å². The summed E-state index contributed by atoms with van der Waals surface area (Å²) in [5.74, 6) is 0.0719. The van der Waals surface area contributed by atoms with E-state index in [4.69, 9.17) is 4.74 Å². The monoisotopic (exact) mass is 273 g/mol. The summed E-state index contributed by atoms with van der Waals surface area (Å²) in [7, 11) is 0. The second kappa shape index (κ2) is 5.79. The number of nitrogens with one attached hydrogen (secondary N) is 1. The summed E-state index contributed by atoms with van der Waals surface area (Å²) in [6.07, 6.45) is 3.07. The SMILES string of the molecule is O=C(Nc1cccc(-n2cnnn2)c1)C1CCOCC1. The van der Waals surface area contributed by atoms with Crippen LogP contribution in [0.5, 0.6) is 0 Å². The van der Waals surface area contributed by atoms with Crippen LogP contribution in [0.1, 0.15) is 12.8 Å². The lowest BCUT2D eigenvalue weighted by Crippen LogP contribution is -2.28. The Morgan fingerprint density at radius 1 is 1.35 bits per heavy atom. The highest BCUT2D eigenvalue weighted by Gasteiger charge is 2.21. The third-order valence-electron chi connectivity index (χ3n) is 3.32. The number of rotatable bonds is 3. The zero-order chi connectivity index (χ0) is 13.8. The van der Waals surface area contributed by atoms with Gasteiger partial charge in [0.05, 0.1) is 5.69 Å². The molecule has 1 aromatic carbocycles. The van der Waals surface area contributed by atoms with Crippen molar-refractivity contribution in [1.29, 1.82) is 0 Å². The van der Waals surface area contributed by atoms with Crippen molar-refractivity contribution in [3.05, 3.63) is 30.6 Å². The number of carbonyl (C=O) groups is 1. The first kappa shape index (κ1) is 12.7. The number of amides is 1. The molecule has 0 radical (unpaired) electrons. The Bertz CT molecular complexity index is 578. The van der Waals surface area contributed by atoms with Gasteiger partial charge >= 0.3 is 0 Å². The van der Waals surface area contributed by atoms with E-state index >= 15 is 0 Å². The molecular formula is C13H15N5O2. The van der Waals surface area contributed by atoms with Crippen molar-refractivity contribution in [2.75, 3.05) is 18.5 Å². The zero-order valence-electron chi connectivity index (χ0n) is 10.9. The Kier molecular flexibility index (Phi) is 3.69. The average Bonchev–Trinajstić information content (AvgIpc) is 3.03. The first-order chi connectivity index (χ1) is 9.83. The van der Waals surface area contributed by atoms with Gasteiger partial charge in [-0.3, -0.25) is 4.79 Å². The minimum absolute atomic E-state index is 0.0282. The van der Waals surface area contributed by atoms with Gasteiger partial charge in [-0.2, -0.15) is 0 Å². The number of tetrazole rings is 1. The summed E-state index contributed by atoms with van der Waals surface area (Å²) in [6, 6.07) is 7.43. The van der Waals surface area contributed by atoms with Gasteiger partial charge in [0.15, 0.2) is 0 Å². The maximum absolute atomic E-state index is 12.2. The lowest BCUT2D eigenvalue weighted by atomic mass is 9.99. The van der Waals surface area contributed by atoms with E-state index < -0.39 is 0 Å². The summed E-state index contributed by atoms with van der Waals surface area (Å²) in [5.41, 5.74) is 1.55. The third-order valence-corrected chi connectivity index (χ3v) is 3.32. The van der Waals surface area contributed by atoms with Gasteiger partial charge in [-0.05, 0) is 41.5 Å². The van der Waals surface area contributed by atoms with Gasteiger partial charge in [-0.25, -0.2) is 4.68 Å². The molecule has 1 fully saturated rings. The molecule has 1 amide bonds. The molecule has 0 spiro atoms. The minimum Gasteiger partial charge on any atom is -0.381 e. The van der Waals surface area contributed by atoms with Crippen molar-refractivity contribution in [2.24, 2.45) is 5.92 Å². The number of ether oxygens (including phenoxy) is 1. The number of nitrogens with zero attached hydrogens (tertiary/aromatic N) is 4. The van der Waals surface area contributed by atoms with E-state index in [1.54, 1.807) is 4.68 Å². The molecule has 0 atom stereocenters. The Morgan fingerprint density at radius 2 is 2.20 bits per heavy atom. The highest BCUT2D eigenvalue weighted by atomic mass is 16.5. The Labute approximate surface area is 115 Å². The highest BCUT2D eigenvalue weighted by Crippen LogP contribution is 2.19. The molecule has 7 nitrogen and oxygen atoms in total. The topological polar surface area (TPSA) is 81.9 Å². The van der Waals surface area contributed by atoms with Crippen molar-refractivity contribution in [3.63, 3.8) is 0 Å². The van der Waals surface area contributed by atoms with Crippen LogP contribution in [0.15, 0.2) is 30.6 Å². The third kappa shape index (κ3) is 2.83. The molecule has 1 N–H and O–H groups in total. The van der Waals surface area contributed by atoms with Crippen LogP contribution in [0.3, 0.4) is 0 Å². The van der Waals surface area contributed by atoms with Crippen LogP contribution in [-0.4, -0.2) is 39.3 Å². The minimum atomic E-state index is 0.0282. The summed E-state index contributed by atoms with van der Waals surface area (Å²) in [5, 5.41) is 13.9. The molecule has 1 aliphatic heterocycles. The van der Waals surface area contributed by atoms with Crippen molar-refractivity contribution in [1.82, 2.24) is 20.2 Å². The van der Waals surface area contributed by atoms with Gasteiger partial charge in [-0.1, -0.05) is 6.07 Å². The predicted octanol–water partition coefficient (Wildman–Crippen LogP) is 1.03. The van der Waals surface area contributed by atoms with E-state index in [9.17, 15) is 4.79 Å². The zero-order valence-corrected chi connectivity index (χ0v) is 10.9. The number of hydrogen-bond acceptors (Lipinski definition) is 5. The van der Waals surface area contributed by atoms with Crippen LogP contribution in [0, 0.1) is 5.92 Å². The Hall–Kier alpha value is -2.28.